The maximum Gasteiger partial charge on any atom is 0.118 e. The van der Waals surface area contributed by atoms with Gasteiger partial charge < -0.3 is 9.84 Å². The highest BCUT2D eigenvalue weighted by Crippen LogP contribution is 2.36. The number of methoxy groups -OCH3 is 1. The smallest absolute Gasteiger partial charge is 0.118 e. The molecule has 0 aliphatic carbocycles. The first-order chi connectivity index (χ1) is 8.76. The summed E-state index contributed by atoms with van der Waals surface area (Å²) in [6, 6.07) is 9.50. The number of aliphatic hydroxyl groups excluding tert-OH is 1. The van der Waals surface area contributed by atoms with Gasteiger partial charge in [0.25, 0.3) is 0 Å². The van der Waals surface area contributed by atoms with E-state index in [-0.39, 0.29) is 6.10 Å². The molecule has 1 aromatic carbocycles. The number of hydrogen-bond donors (Lipinski definition) is 1. The Morgan fingerprint density at radius 2 is 1.78 bits per heavy atom. The van der Waals surface area contributed by atoms with Crippen LogP contribution in [-0.4, -0.2) is 35.3 Å². The van der Waals surface area contributed by atoms with Gasteiger partial charge >= 0.3 is 0 Å². The van der Waals surface area contributed by atoms with Gasteiger partial charge in [-0.1, -0.05) is 12.1 Å². The quantitative estimate of drug-likeness (QED) is 0.888. The summed E-state index contributed by atoms with van der Waals surface area (Å²) >= 11 is 0. The third-order valence-electron chi connectivity index (χ3n) is 4.38. The van der Waals surface area contributed by atoms with Gasteiger partial charge in [-0.3, -0.25) is 4.90 Å². The molecule has 2 aliphatic rings. The summed E-state index contributed by atoms with van der Waals surface area (Å²) < 4.78 is 5.18. The molecule has 3 heteroatoms. The molecule has 2 aliphatic heterocycles. The highest BCUT2D eigenvalue weighted by atomic mass is 16.5. The Morgan fingerprint density at radius 1 is 1.17 bits per heavy atom. The molecule has 98 valence electrons. The summed E-state index contributed by atoms with van der Waals surface area (Å²) in [7, 11) is 1.70. The molecular weight excluding hydrogens is 226 g/mol. The van der Waals surface area contributed by atoms with Gasteiger partial charge in [-0.05, 0) is 43.4 Å². The Labute approximate surface area is 108 Å². The van der Waals surface area contributed by atoms with Gasteiger partial charge in [0.15, 0.2) is 0 Å². The van der Waals surface area contributed by atoms with E-state index in [9.17, 15) is 5.11 Å². The monoisotopic (exact) mass is 247 g/mol. The van der Waals surface area contributed by atoms with Crippen molar-refractivity contribution >= 4 is 0 Å². The number of fused-ring (bicyclic) bond motifs is 2. The lowest BCUT2D eigenvalue weighted by Gasteiger charge is -2.37. The summed E-state index contributed by atoms with van der Waals surface area (Å²) in [6.07, 6.45) is 4.32. The predicted molar refractivity (Wildman–Crippen MR) is 70.6 cm³/mol. The SMILES string of the molecule is COc1ccc(CN2C3CCC2CC(O)C3)cc1. The van der Waals surface area contributed by atoms with E-state index in [0.717, 1.165) is 25.1 Å². The molecule has 0 spiro atoms. The minimum Gasteiger partial charge on any atom is -0.497 e. The van der Waals surface area contributed by atoms with Crippen LogP contribution in [-0.2, 0) is 6.54 Å². The van der Waals surface area contributed by atoms with Crippen LogP contribution in [0.3, 0.4) is 0 Å². The van der Waals surface area contributed by atoms with Crippen molar-refractivity contribution in [1.29, 1.82) is 0 Å². The van der Waals surface area contributed by atoms with Crippen molar-refractivity contribution < 1.29 is 9.84 Å². The molecule has 2 saturated heterocycles. The normalized spacial score (nSPS) is 31.6. The molecule has 2 atom stereocenters. The van der Waals surface area contributed by atoms with Crippen LogP contribution in [0, 0.1) is 0 Å². The van der Waals surface area contributed by atoms with Crippen LogP contribution < -0.4 is 4.74 Å². The zero-order valence-electron chi connectivity index (χ0n) is 10.9. The first-order valence-electron chi connectivity index (χ1n) is 6.83. The molecular formula is C15H21NO2. The first-order valence-corrected chi connectivity index (χ1v) is 6.83. The molecule has 1 aromatic rings. The van der Waals surface area contributed by atoms with Gasteiger partial charge in [0.2, 0.25) is 0 Å². The van der Waals surface area contributed by atoms with Gasteiger partial charge in [0, 0.05) is 18.6 Å². The fourth-order valence-electron chi connectivity index (χ4n) is 3.45. The predicted octanol–water partition coefficient (Wildman–Crippen LogP) is 2.18. The number of ether oxygens (including phenoxy) is 1. The molecule has 0 radical (unpaired) electrons. The van der Waals surface area contributed by atoms with E-state index >= 15 is 0 Å². The fourth-order valence-corrected chi connectivity index (χ4v) is 3.45. The van der Waals surface area contributed by atoms with Crippen molar-refractivity contribution in [2.24, 2.45) is 0 Å². The van der Waals surface area contributed by atoms with Gasteiger partial charge in [0.1, 0.15) is 5.75 Å². The number of hydrogen-bond acceptors (Lipinski definition) is 3. The summed E-state index contributed by atoms with van der Waals surface area (Å²) in [5, 5.41) is 9.80. The fraction of sp³-hybridized carbons (Fsp3) is 0.600. The molecule has 3 rings (SSSR count). The van der Waals surface area contributed by atoms with Crippen LogP contribution in [0.1, 0.15) is 31.2 Å². The van der Waals surface area contributed by atoms with Gasteiger partial charge in [-0.25, -0.2) is 0 Å². The number of aliphatic hydroxyl groups is 1. The number of piperidine rings is 1. The third kappa shape index (κ3) is 2.25. The topological polar surface area (TPSA) is 32.7 Å². The second-order valence-electron chi connectivity index (χ2n) is 5.53. The summed E-state index contributed by atoms with van der Waals surface area (Å²) in [5.41, 5.74) is 1.34. The van der Waals surface area contributed by atoms with E-state index in [0.29, 0.717) is 12.1 Å². The van der Waals surface area contributed by atoms with Crippen molar-refractivity contribution in [2.75, 3.05) is 7.11 Å². The largest absolute Gasteiger partial charge is 0.497 e. The van der Waals surface area contributed by atoms with E-state index in [1.54, 1.807) is 7.11 Å². The highest BCUT2D eigenvalue weighted by Gasteiger charge is 2.39. The van der Waals surface area contributed by atoms with Crippen LogP contribution >= 0.6 is 0 Å². The lowest BCUT2D eigenvalue weighted by atomic mass is 9.99. The molecule has 18 heavy (non-hydrogen) atoms. The molecule has 0 aromatic heterocycles. The van der Waals surface area contributed by atoms with Gasteiger partial charge in [0.05, 0.1) is 13.2 Å². The van der Waals surface area contributed by atoms with Crippen LogP contribution in [0.5, 0.6) is 5.75 Å². The molecule has 2 unspecified atom stereocenters. The Hall–Kier alpha value is -1.06. The zero-order valence-corrected chi connectivity index (χ0v) is 10.9. The van der Waals surface area contributed by atoms with Gasteiger partial charge in [-0.15, -0.1) is 0 Å². The standard InChI is InChI=1S/C15H21NO2/c1-18-15-6-2-11(3-7-15)10-16-12-4-5-13(16)9-14(17)8-12/h2-3,6-7,12-14,17H,4-5,8-10H2,1H3. The first kappa shape index (κ1) is 12.0. The lowest BCUT2D eigenvalue weighted by molar-refractivity contribution is 0.0310. The molecule has 0 saturated carbocycles. The average molecular weight is 247 g/mol. The number of benzene rings is 1. The molecule has 3 nitrogen and oxygen atoms in total. The molecule has 0 amide bonds. The maximum absolute atomic E-state index is 9.80. The molecule has 2 fully saturated rings. The van der Waals surface area contributed by atoms with Crippen LogP contribution in [0.15, 0.2) is 24.3 Å². The maximum atomic E-state index is 9.80. The average Bonchev–Trinajstić information content (AvgIpc) is 2.62. The third-order valence-corrected chi connectivity index (χ3v) is 4.38. The van der Waals surface area contributed by atoms with Crippen molar-refractivity contribution in [3.63, 3.8) is 0 Å². The van der Waals surface area contributed by atoms with E-state index in [1.165, 1.54) is 18.4 Å². The Kier molecular flexibility index (Phi) is 3.27. The minimum atomic E-state index is -0.0744. The highest BCUT2D eigenvalue weighted by molar-refractivity contribution is 5.27. The molecule has 2 heterocycles. The van der Waals surface area contributed by atoms with Crippen molar-refractivity contribution in [2.45, 2.75) is 50.4 Å². The molecule has 1 N–H and O–H groups in total. The van der Waals surface area contributed by atoms with Crippen LogP contribution in [0.25, 0.3) is 0 Å². The van der Waals surface area contributed by atoms with E-state index < -0.39 is 0 Å². The van der Waals surface area contributed by atoms with Crippen LogP contribution in [0.2, 0.25) is 0 Å². The van der Waals surface area contributed by atoms with Crippen molar-refractivity contribution in [3.8, 4) is 5.75 Å². The Balaban J connectivity index is 1.69. The second-order valence-corrected chi connectivity index (χ2v) is 5.53. The van der Waals surface area contributed by atoms with E-state index in [1.807, 2.05) is 12.1 Å². The number of nitrogens with zero attached hydrogens (tertiary/aromatic N) is 1. The van der Waals surface area contributed by atoms with Crippen molar-refractivity contribution in [1.82, 2.24) is 4.90 Å². The van der Waals surface area contributed by atoms with Crippen LogP contribution in [0.4, 0.5) is 0 Å². The second kappa shape index (κ2) is 4.90. The Morgan fingerprint density at radius 3 is 2.33 bits per heavy atom. The number of rotatable bonds is 3. The van der Waals surface area contributed by atoms with E-state index in [2.05, 4.69) is 17.0 Å². The zero-order chi connectivity index (χ0) is 12.5. The van der Waals surface area contributed by atoms with Crippen molar-refractivity contribution in [3.05, 3.63) is 29.8 Å². The molecule has 2 bridgehead atoms. The summed E-state index contributed by atoms with van der Waals surface area (Å²) in [5.74, 6) is 0.913. The summed E-state index contributed by atoms with van der Waals surface area (Å²) in [6.45, 7) is 1.01. The lowest BCUT2D eigenvalue weighted by Crippen LogP contribution is -2.44. The van der Waals surface area contributed by atoms with E-state index in [4.69, 9.17) is 4.74 Å². The minimum absolute atomic E-state index is 0.0744. The Bertz CT molecular complexity index is 389. The summed E-state index contributed by atoms with van der Waals surface area (Å²) in [4.78, 5) is 2.58. The van der Waals surface area contributed by atoms with Gasteiger partial charge in [-0.2, -0.15) is 0 Å².